The van der Waals surface area contributed by atoms with Crippen molar-refractivity contribution < 1.29 is 14.6 Å². The second-order valence-electron chi connectivity index (χ2n) is 4.56. The summed E-state index contributed by atoms with van der Waals surface area (Å²) in [6.07, 6.45) is 0. The molecule has 21 heavy (non-hydrogen) atoms. The van der Waals surface area contributed by atoms with Gasteiger partial charge in [-0.15, -0.1) is 0 Å². The van der Waals surface area contributed by atoms with E-state index in [0.29, 0.717) is 24.3 Å². The van der Waals surface area contributed by atoms with E-state index in [0.717, 1.165) is 5.56 Å². The van der Waals surface area contributed by atoms with Crippen molar-refractivity contribution in [2.45, 2.75) is 6.92 Å². The number of hydrogen-bond acceptors (Lipinski definition) is 4. The van der Waals surface area contributed by atoms with Gasteiger partial charge in [0.25, 0.3) is 5.91 Å². The van der Waals surface area contributed by atoms with Gasteiger partial charge in [0, 0.05) is 25.8 Å². The maximum Gasteiger partial charge on any atom is 0.255 e. The van der Waals surface area contributed by atoms with E-state index in [4.69, 9.17) is 15.6 Å². The summed E-state index contributed by atoms with van der Waals surface area (Å²) in [6.45, 7) is 3.17. The van der Waals surface area contributed by atoms with Gasteiger partial charge in [0.2, 0.25) is 0 Å². The van der Waals surface area contributed by atoms with Crippen LogP contribution in [0.25, 0.3) is 0 Å². The summed E-state index contributed by atoms with van der Waals surface area (Å²) in [7, 11) is 1.58. The second kappa shape index (κ2) is 9.14. The Hall–Kier alpha value is -1.87. The quantitative estimate of drug-likeness (QED) is 0.743. The number of benzene rings is 1. The molecule has 0 bridgehead atoms. The van der Waals surface area contributed by atoms with Crippen molar-refractivity contribution in [3.63, 3.8) is 0 Å². The predicted octanol–water partition coefficient (Wildman–Crippen LogP) is 0.386. The molecule has 1 aromatic rings. The number of carbonyl (C=O) groups is 1. The van der Waals surface area contributed by atoms with Gasteiger partial charge in [0.1, 0.15) is 0 Å². The second-order valence-corrected chi connectivity index (χ2v) is 4.56. The maximum atomic E-state index is 12.6. The van der Waals surface area contributed by atoms with Crippen molar-refractivity contribution in [1.29, 1.82) is 0 Å². The van der Waals surface area contributed by atoms with Crippen LogP contribution in [0.1, 0.15) is 21.5 Å². The maximum absolute atomic E-state index is 12.6. The third-order valence-electron chi connectivity index (χ3n) is 2.95. The molecule has 0 aliphatic rings. The topological polar surface area (TPSA) is 75.8 Å². The van der Waals surface area contributed by atoms with E-state index in [1.54, 1.807) is 18.1 Å². The fraction of sp³-hybridized carbons (Fsp3) is 0.438. The molecule has 0 saturated heterocycles. The minimum absolute atomic E-state index is 0.0922. The molecule has 0 aliphatic heterocycles. The Labute approximate surface area is 125 Å². The fourth-order valence-corrected chi connectivity index (χ4v) is 1.90. The van der Waals surface area contributed by atoms with Crippen LogP contribution in [0.4, 0.5) is 0 Å². The number of methoxy groups -OCH3 is 1. The highest BCUT2D eigenvalue weighted by molar-refractivity contribution is 5.97. The van der Waals surface area contributed by atoms with Crippen molar-refractivity contribution >= 4 is 5.91 Å². The van der Waals surface area contributed by atoms with Crippen LogP contribution in [0.15, 0.2) is 18.2 Å². The molecule has 0 unspecified atom stereocenters. The van der Waals surface area contributed by atoms with Crippen molar-refractivity contribution in [3.8, 4) is 11.8 Å². The van der Waals surface area contributed by atoms with Crippen LogP contribution in [0.5, 0.6) is 0 Å². The summed E-state index contributed by atoms with van der Waals surface area (Å²) in [5.41, 5.74) is 7.54. The number of aryl methyl sites for hydroxylation is 1. The number of aliphatic hydroxyl groups excluding tert-OH is 1. The van der Waals surface area contributed by atoms with E-state index >= 15 is 0 Å². The number of aliphatic hydroxyl groups is 1. The van der Waals surface area contributed by atoms with E-state index in [1.165, 1.54) is 0 Å². The number of carbonyl (C=O) groups excluding carboxylic acids is 1. The Kier molecular flexibility index (Phi) is 7.48. The van der Waals surface area contributed by atoms with Gasteiger partial charge in [-0.3, -0.25) is 4.79 Å². The fourth-order valence-electron chi connectivity index (χ4n) is 1.90. The van der Waals surface area contributed by atoms with E-state index in [9.17, 15) is 4.79 Å². The van der Waals surface area contributed by atoms with Crippen LogP contribution in [-0.2, 0) is 4.74 Å². The van der Waals surface area contributed by atoms with Gasteiger partial charge in [-0.05, 0) is 19.1 Å². The van der Waals surface area contributed by atoms with Gasteiger partial charge >= 0.3 is 0 Å². The summed E-state index contributed by atoms with van der Waals surface area (Å²) in [5.74, 6) is 5.52. The van der Waals surface area contributed by atoms with E-state index in [-0.39, 0.29) is 25.6 Å². The van der Waals surface area contributed by atoms with E-state index in [2.05, 4.69) is 11.8 Å². The third-order valence-corrected chi connectivity index (χ3v) is 2.95. The first kappa shape index (κ1) is 17.2. The molecule has 0 fully saturated rings. The Morgan fingerprint density at radius 2 is 2.19 bits per heavy atom. The molecule has 0 aliphatic carbocycles. The normalized spacial score (nSPS) is 9.90. The first-order valence-corrected chi connectivity index (χ1v) is 6.82. The lowest BCUT2D eigenvalue weighted by atomic mass is 10.0. The molecule has 5 heteroatoms. The lowest BCUT2D eigenvalue weighted by Gasteiger charge is -2.22. The number of nitrogens with two attached hydrogens (primary N) is 1. The van der Waals surface area contributed by atoms with Crippen molar-refractivity contribution in [2.75, 3.05) is 40.0 Å². The Balaban J connectivity index is 3.09. The van der Waals surface area contributed by atoms with Gasteiger partial charge in [-0.1, -0.05) is 23.5 Å². The zero-order valence-electron chi connectivity index (χ0n) is 12.6. The highest BCUT2D eigenvalue weighted by atomic mass is 16.5. The highest BCUT2D eigenvalue weighted by Crippen LogP contribution is 2.14. The Bertz CT molecular complexity index is 532. The summed E-state index contributed by atoms with van der Waals surface area (Å²) in [6, 6.07) is 5.53. The lowest BCUT2D eigenvalue weighted by molar-refractivity contribution is 0.0656. The van der Waals surface area contributed by atoms with Crippen LogP contribution in [0, 0.1) is 18.8 Å². The van der Waals surface area contributed by atoms with Crippen LogP contribution in [0.2, 0.25) is 0 Å². The zero-order chi connectivity index (χ0) is 15.7. The largest absolute Gasteiger partial charge is 0.395 e. The highest BCUT2D eigenvalue weighted by Gasteiger charge is 2.18. The number of nitrogens with zero attached hydrogens (tertiary/aromatic N) is 1. The summed E-state index contributed by atoms with van der Waals surface area (Å²) in [5, 5.41) is 9.12. The van der Waals surface area contributed by atoms with Crippen LogP contribution in [-0.4, -0.2) is 55.9 Å². The van der Waals surface area contributed by atoms with E-state index in [1.807, 2.05) is 19.1 Å². The van der Waals surface area contributed by atoms with Crippen molar-refractivity contribution in [2.24, 2.45) is 5.73 Å². The minimum Gasteiger partial charge on any atom is -0.395 e. The molecule has 0 spiro atoms. The number of ether oxygens (including phenoxy) is 1. The zero-order valence-corrected chi connectivity index (χ0v) is 12.6. The third kappa shape index (κ3) is 5.20. The molecule has 5 nitrogen and oxygen atoms in total. The SMILES string of the molecule is COCCN(CCO)C(=O)c1cc(C)ccc1C#CCN. The van der Waals surface area contributed by atoms with Crippen LogP contribution >= 0.6 is 0 Å². The Morgan fingerprint density at radius 3 is 2.81 bits per heavy atom. The standard InChI is InChI=1S/C16H22N2O3/c1-13-5-6-14(4-3-7-17)15(12-13)16(20)18(8-10-19)9-11-21-2/h5-6,12,19H,7-11,17H2,1-2H3. The molecule has 1 rings (SSSR count). The average molecular weight is 290 g/mol. The van der Waals surface area contributed by atoms with Gasteiger partial charge in [0.15, 0.2) is 0 Å². The summed E-state index contributed by atoms with van der Waals surface area (Å²) >= 11 is 0. The van der Waals surface area contributed by atoms with Gasteiger partial charge in [-0.25, -0.2) is 0 Å². The lowest BCUT2D eigenvalue weighted by Crippen LogP contribution is -2.36. The molecule has 1 aromatic carbocycles. The minimum atomic E-state index is -0.161. The molecule has 0 saturated carbocycles. The van der Waals surface area contributed by atoms with Crippen molar-refractivity contribution in [3.05, 3.63) is 34.9 Å². The molecule has 0 aromatic heterocycles. The van der Waals surface area contributed by atoms with Gasteiger partial charge < -0.3 is 20.5 Å². The number of rotatable bonds is 6. The molecule has 114 valence electrons. The molecule has 0 atom stereocenters. The first-order valence-electron chi connectivity index (χ1n) is 6.82. The van der Waals surface area contributed by atoms with Gasteiger partial charge in [-0.2, -0.15) is 0 Å². The van der Waals surface area contributed by atoms with Crippen LogP contribution < -0.4 is 5.73 Å². The smallest absolute Gasteiger partial charge is 0.255 e. The number of hydrogen-bond donors (Lipinski definition) is 2. The van der Waals surface area contributed by atoms with E-state index < -0.39 is 0 Å². The summed E-state index contributed by atoms with van der Waals surface area (Å²) in [4.78, 5) is 14.2. The molecule has 1 amide bonds. The molecular formula is C16H22N2O3. The van der Waals surface area contributed by atoms with Gasteiger partial charge in [0.05, 0.1) is 25.3 Å². The summed E-state index contributed by atoms with van der Waals surface area (Å²) < 4.78 is 5.00. The molecule has 3 N–H and O–H groups in total. The average Bonchev–Trinajstić information content (AvgIpc) is 2.49. The molecular weight excluding hydrogens is 268 g/mol. The Morgan fingerprint density at radius 1 is 1.43 bits per heavy atom. The first-order chi connectivity index (χ1) is 10.1. The van der Waals surface area contributed by atoms with Crippen molar-refractivity contribution in [1.82, 2.24) is 4.90 Å². The molecule has 0 radical (unpaired) electrons. The molecule has 0 heterocycles. The monoisotopic (exact) mass is 290 g/mol. The van der Waals surface area contributed by atoms with Crippen LogP contribution in [0.3, 0.4) is 0 Å². The number of amides is 1. The predicted molar refractivity (Wildman–Crippen MR) is 82.0 cm³/mol.